The van der Waals surface area contributed by atoms with Gasteiger partial charge in [0.15, 0.2) is 11.6 Å². The van der Waals surface area contributed by atoms with Gasteiger partial charge in [-0.1, -0.05) is 5.11 Å². The van der Waals surface area contributed by atoms with Crippen molar-refractivity contribution in [2.45, 2.75) is 6.04 Å². The minimum Gasteiger partial charge on any atom is -0.505 e. The zero-order valence-corrected chi connectivity index (χ0v) is 7.43. The number of nitrogens with zero attached hydrogens (tertiary/aromatic N) is 3. The van der Waals surface area contributed by atoms with E-state index in [1.54, 1.807) is 0 Å². The summed E-state index contributed by atoms with van der Waals surface area (Å²) in [6.45, 7) is -0.652. The highest BCUT2D eigenvalue weighted by Gasteiger charge is 2.17. The molecular weight excluding hydrogens is 208 g/mol. The van der Waals surface area contributed by atoms with Crippen molar-refractivity contribution < 1.29 is 19.0 Å². The summed E-state index contributed by atoms with van der Waals surface area (Å²) >= 11 is 0. The van der Waals surface area contributed by atoms with Crippen LogP contribution in [0.5, 0.6) is 5.75 Å². The molecule has 1 unspecified atom stereocenters. The van der Waals surface area contributed by atoms with E-state index in [1.807, 2.05) is 0 Å². The maximum Gasteiger partial charge on any atom is 0.168 e. The molecule has 0 aliphatic rings. The summed E-state index contributed by atoms with van der Waals surface area (Å²) in [7, 11) is 0. The molecule has 0 heterocycles. The average Bonchev–Trinajstić information content (AvgIpc) is 2.20. The first-order valence-corrected chi connectivity index (χ1v) is 3.93. The van der Waals surface area contributed by atoms with Crippen LogP contribution in [0.3, 0.4) is 0 Å². The topological polar surface area (TPSA) is 89.2 Å². The van der Waals surface area contributed by atoms with E-state index in [9.17, 15) is 13.9 Å². The molecule has 0 radical (unpaired) electrons. The van der Waals surface area contributed by atoms with Crippen LogP contribution in [0.2, 0.25) is 0 Å². The van der Waals surface area contributed by atoms with Crippen LogP contribution in [0.1, 0.15) is 11.6 Å². The summed E-state index contributed by atoms with van der Waals surface area (Å²) in [5.74, 6) is -2.92. The number of phenols is 1. The molecule has 0 aliphatic heterocycles. The largest absolute Gasteiger partial charge is 0.505 e. The lowest BCUT2D eigenvalue weighted by Crippen LogP contribution is -2.02. The SMILES string of the molecule is [N-]=[N+]=NC(CO)c1cc(F)cc(F)c1O. The Morgan fingerprint density at radius 1 is 1.47 bits per heavy atom. The first-order valence-electron chi connectivity index (χ1n) is 3.93. The Hall–Kier alpha value is -1.85. The fraction of sp³-hybridized carbons (Fsp3) is 0.250. The molecule has 0 bridgehead atoms. The number of aromatic hydroxyl groups is 1. The predicted molar refractivity (Wildman–Crippen MR) is 47.0 cm³/mol. The van der Waals surface area contributed by atoms with Gasteiger partial charge in [-0.3, -0.25) is 0 Å². The van der Waals surface area contributed by atoms with Crippen LogP contribution in [0, 0.1) is 11.6 Å². The van der Waals surface area contributed by atoms with E-state index in [4.69, 9.17) is 10.6 Å². The number of rotatable bonds is 3. The van der Waals surface area contributed by atoms with Crippen LogP contribution in [-0.2, 0) is 0 Å². The standard InChI is InChI=1S/C8H7F2N3O2/c9-4-1-5(7(3-14)12-13-11)8(15)6(10)2-4/h1-2,7,14-15H,3H2. The molecule has 80 valence electrons. The zero-order valence-electron chi connectivity index (χ0n) is 7.43. The van der Waals surface area contributed by atoms with Gasteiger partial charge in [-0.25, -0.2) is 8.78 Å². The number of hydrogen-bond donors (Lipinski definition) is 2. The summed E-state index contributed by atoms with van der Waals surface area (Å²) in [5, 5.41) is 21.1. The Morgan fingerprint density at radius 3 is 2.67 bits per heavy atom. The fourth-order valence-corrected chi connectivity index (χ4v) is 1.10. The van der Waals surface area contributed by atoms with Crippen LogP contribution < -0.4 is 0 Å². The number of azide groups is 1. The minimum atomic E-state index is -1.21. The van der Waals surface area contributed by atoms with Crippen LogP contribution >= 0.6 is 0 Å². The number of phenolic OH excluding ortho intramolecular Hbond substituents is 1. The molecule has 1 rings (SSSR count). The van der Waals surface area contributed by atoms with Gasteiger partial charge < -0.3 is 10.2 Å². The molecular formula is C8H7F2N3O2. The normalized spacial score (nSPS) is 11.9. The van der Waals surface area contributed by atoms with E-state index in [0.29, 0.717) is 6.07 Å². The van der Waals surface area contributed by atoms with Crippen molar-refractivity contribution in [3.05, 3.63) is 39.8 Å². The lowest BCUT2D eigenvalue weighted by Gasteiger charge is -2.10. The van der Waals surface area contributed by atoms with Crippen LogP contribution in [0.4, 0.5) is 8.78 Å². The Balaban J connectivity index is 3.28. The summed E-state index contributed by atoms with van der Waals surface area (Å²) in [5.41, 5.74) is 7.85. The summed E-state index contributed by atoms with van der Waals surface area (Å²) in [4.78, 5) is 2.39. The molecule has 0 amide bonds. The van der Waals surface area contributed by atoms with Crippen LogP contribution in [-0.4, -0.2) is 16.8 Å². The highest BCUT2D eigenvalue weighted by atomic mass is 19.1. The highest BCUT2D eigenvalue weighted by molar-refractivity contribution is 5.36. The third-order valence-electron chi connectivity index (χ3n) is 1.78. The first-order chi connectivity index (χ1) is 7.10. The second kappa shape index (κ2) is 4.59. The van der Waals surface area contributed by atoms with Gasteiger partial charge in [0, 0.05) is 16.5 Å². The van der Waals surface area contributed by atoms with Crippen molar-refractivity contribution >= 4 is 0 Å². The lowest BCUT2D eigenvalue weighted by molar-refractivity contribution is 0.264. The summed E-state index contributed by atoms with van der Waals surface area (Å²) in [6, 6.07) is 0.0809. The van der Waals surface area contributed by atoms with Crippen molar-refractivity contribution in [1.29, 1.82) is 0 Å². The van der Waals surface area contributed by atoms with E-state index in [-0.39, 0.29) is 5.56 Å². The molecule has 7 heteroatoms. The molecule has 5 nitrogen and oxygen atoms in total. The van der Waals surface area contributed by atoms with Gasteiger partial charge in [-0.05, 0) is 11.6 Å². The average molecular weight is 215 g/mol. The summed E-state index contributed by atoms with van der Waals surface area (Å²) < 4.78 is 25.6. The lowest BCUT2D eigenvalue weighted by atomic mass is 10.1. The van der Waals surface area contributed by atoms with Gasteiger partial charge in [-0.15, -0.1) is 0 Å². The molecule has 0 spiro atoms. The van der Waals surface area contributed by atoms with Crippen molar-refractivity contribution in [3.8, 4) is 5.75 Å². The van der Waals surface area contributed by atoms with E-state index in [0.717, 1.165) is 6.07 Å². The second-order valence-corrected chi connectivity index (χ2v) is 2.73. The summed E-state index contributed by atoms with van der Waals surface area (Å²) in [6.07, 6.45) is 0. The monoisotopic (exact) mass is 215 g/mol. The van der Waals surface area contributed by atoms with E-state index in [2.05, 4.69) is 10.0 Å². The number of hydrogen-bond acceptors (Lipinski definition) is 3. The first kappa shape index (κ1) is 11.2. The van der Waals surface area contributed by atoms with E-state index in [1.165, 1.54) is 0 Å². The third-order valence-corrected chi connectivity index (χ3v) is 1.78. The predicted octanol–water partition coefficient (Wildman–Crippen LogP) is 2.01. The fourth-order valence-electron chi connectivity index (χ4n) is 1.10. The van der Waals surface area contributed by atoms with Crippen LogP contribution in [0.15, 0.2) is 17.2 Å². The smallest absolute Gasteiger partial charge is 0.168 e. The quantitative estimate of drug-likeness (QED) is 0.458. The van der Waals surface area contributed by atoms with Gasteiger partial charge in [0.1, 0.15) is 5.82 Å². The zero-order chi connectivity index (χ0) is 11.4. The third kappa shape index (κ3) is 2.34. The van der Waals surface area contributed by atoms with Crippen molar-refractivity contribution in [1.82, 2.24) is 0 Å². The van der Waals surface area contributed by atoms with Crippen molar-refractivity contribution in [3.63, 3.8) is 0 Å². The maximum absolute atomic E-state index is 12.9. The molecule has 0 saturated heterocycles. The van der Waals surface area contributed by atoms with E-state index < -0.39 is 30.0 Å². The van der Waals surface area contributed by atoms with Crippen molar-refractivity contribution in [2.75, 3.05) is 6.61 Å². The van der Waals surface area contributed by atoms with Crippen molar-refractivity contribution in [2.24, 2.45) is 5.11 Å². The Bertz CT molecular complexity index is 419. The number of aliphatic hydroxyl groups is 1. The number of aliphatic hydroxyl groups excluding tert-OH is 1. The molecule has 1 atom stereocenters. The molecule has 0 saturated carbocycles. The van der Waals surface area contributed by atoms with Gasteiger partial charge in [0.05, 0.1) is 12.6 Å². The van der Waals surface area contributed by atoms with E-state index >= 15 is 0 Å². The molecule has 1 aromatic rings. The van der Waals surface area contributed by atoms with Crippen LogP contribution in [0.25, 0.3) is 10.4 Å². The Kier molecular flexibility index (Phi) is 3.43. The molecule has 15 heavy (non-hydrogen) atoms. The second-order valence-electron chi connectivity index (χ2n) is 2.73. The molecule has 1 aromatic carbocycles. The number of benzene rings is 1. The molecule has 0 aliphatic carbocycles. The number of halogens is 2. The molecule has 0 aromatic heterocycles. The maximum atomic E-state index is 12.9. The van der Waals surface area contributed by atoms with Gasteiger partial charge in [0.2, 0.25) is 0 Å². The Labute approximate surface area is 83.2 Å². The van der Waals surface area contributed by atoms with Gasteiger partial charge in [-0.2, -0.15) is 0 Å². The van der Waals surface area contributed by atoms with Gasteiger partial charge in [0.25, 0.3) is 0 Å². The molecule has 2 N–H and O–H groups in total. The minimum absolute atomic E-state index is 0.284. The van der Waals surface area contributed by atoms with Gasteiger partial charge >= 0.3 is 0 Å². The highest BCUT2D eigenvalue weighted by Crippen LogP contribution is 2.30. The Morgan fingerprint density at radius 2 is 2.13 bits per heavy atom. The molecule has 0 fully saturated rings.